The second-order valence-corrected chi connectivity index (χ2v) is 10.5. The summed E-state index contributed by atoms with van der Waals surface area (Å²) in [6.45, 7) is 0. The molecule has 6 rings (SSSR count). The number of benzene rings is 2. The van der Waals surface area contributed by atoms with Crippen LogP contribution in [0.15, 0.2) is 53.4 Å². The van der Waals surface area contributed by atoms with Crippen LogP contribution in [0.4, 0.5) is 10.1 Å². The van der Waals surface area contributed by atoms with E-state index in [2.05, 4.69) is 16.9 Å². The van der Waals surface area contributed by atoms with Gasteiger partial charge in [0.15, 0.2) is 0 Å². The molecule has 0 aromatic heterocycles. The number of anilines is 1. The van der Waals surface area contributed by atoms with E-state index in [1.54, 1.807) is 0 Å². The van der Waals surface area contributed by atoms with Crippen LogP contribution < -0.4 is 4.72 Å². The van der Waals surface area contributed by atoms with E-state index in [4.69, 9.17) is 0 Å². The third kappa shape index (κ3) is 3.06. The van der Waals surface area contributed by atoms with Gasteiger partial charge in [0.2, 0.25) is 0 Å². The third-order valence-electron chi connectivity index (χ3n) is 6.91. The van der Waals surface area contributed by atoms with Gasteiger partial charge in [0.05, 0.1) is 4.90 Å². The molecule has 1 N–H and O–H groups in total. The smallest absolute Gasteiger partial charge is 0.261 e. The zero-order chi connectivity index (χ0) is 18.6. The molecule has 27 heavy (non-hydrogen) atoms. The summed E-state index contributed by atoms with van der Waals surface area (Å²) >= 11 is 0. The van der Waals surface area contributed by atoms with E-state index in [-0.39, 0.29) is 4.90 Å². The van der Waals surface area contributed by atoms with Gasteiger partial charge in [-0.05, 0) is 104 Å². The fourth-order valence-corrected chi connectivity index (χ4v) is 7.24. The maximum Gasteiger partial charge on any atom is 0.261 e. The normalized spacial score (nSPS) is 31.8. The summed E-state index contributed by atoms with van der Waals surface area (Å²) < 4.78 is 40.6. The molecule has 0 saturated heterocycles. The van der Waals surface area contributed by atoms with Gasteiger partial charge in [-0.3, -0.25) is 4.72 Å². The summed E-state index contributed by atoms with van der Waals surface area (Å²) in [6, 6.07) is 12.8. The second kappa shape index (κ2) is 6.06. The van der Waals surface area contributed by atoms with E-state index >= 15 is 0 Å². The van der Waals surface area contributed by atoms with Gasteiger partial charge in [0.1, 0.15) is 5.82 Å². The maximum absolute atomic E-state index is 13.0. The summed E-state index contributed by atoms with van der Waals surface area (Å²) in [5, 5.41) is 0. The fraction of sp³-hybridized carbons (Fsp3) is 0.455. The molecule has 142 valence electrons. The Labute approximate surface area is 160 Å². The molecule has 2 aromatic carbocycles. The highest BCUT2D eigenvalue weighted by Gasteiger charge is 2.51. The van der Waals surface area contributed by atoms with Crippen molar-refractivity contribution in [3.05, 3.63) is 59.9 Å². The van der Waals surface area contributed by atoms with Gasteiger partial charge in [0.25, 0.3) is 10.0 Å². The highest BCUT2D eigenvalue weighted by atomic mass is 32.2. The first-order valence-electron chi connectivity index (χ1n) is 9.81. The standard InChI is InChI=1S/C22H24FNO2S/c23-19-3-7-21(8-4-19)27(25,26)24-20-5-1-18(2-6-20)22-12-15-9-16(13-22)11-17(10-15)14-22/h1-8,15-17,24H,9-14H2. The van der Waals surface area contributed by atoms with Crippen LogP contribution in [0.1, 0.15) is 44.1 Å². The quantitative estimate of drug-likeness (QED) is 0.796. The molecule has 0 spiro atoms. The molecular formula is C22H24FNO2S. The van der Waals surface area contributed by atoms with Crippen LogP contribution in [0.2, 0.25) is 0 Å². The van der Waals surface area contributed by atoms with E-state index in [1.165, 1.54) is 56.2 Å². The predicted octanol–water partition coefficient (Wildman–Crippen LogP) is 5.09. The molecule has 2 aromatic rings. The van der Waals surface area contributed by atoms with Crippen LogP contribution in [0, 0.1) is 23.6 Å². The molecule has 4 aliphatic carbocycles. The van der Waals surface area contributed by atoms with Crippen LogP contribution in [0.3, 0.4) is 0 Å². The van der Waals surface area contributed by atoms with Gasteiger partial charge in [-0.25, -0.2) is 12.8 Å². The number of sulfonamides is 1. The van der Waals surface area contributed by atoms with E-state index < -0.39 is 15.8 Å². The Morgan fingerprint density at radius 3 is 1.85 bits per heavy atom. The Balaban J connectivity index is 1.37. The Morgan fingerprint density at radius 2 is 1.33 bits per heavy atom. The van der Waals surface area contributed by atoms with Crippen molar-refractivity contribution >= 4 is 15.7 Å². The minimum Gasteiger partial charge on any atom is -0.280 e. The summed E-state index contributed by atoms with van der Waals surface area (Å²) in [5.41, 5.74) is 2.22. The topological polar surface area (TPSA) is 46.2 Å². The number of hydrogen-bond acceptors (Lipinski definition) is 2. The summed E-state index contributed by atoms with van der Waals surface area (Å²) in [4.78, 5) is 0.0639. The van der Waals surface area contributed by atoms with E-state index in [1.807, 2.05) is 12.1 Å². The summed E-state index contributed by atoms with van der Waals surface area (Å²) in [6.07, 6.45) is 8.11. The monoisotopic (exact) mass is 385 g/mol. The number of hydrogen-bond donors (Lipinski definition) is 1. The van der Waals surface area contributed by atoms with Crippen LogP contribution >= 0.6 is 0 Å². The molecule has 0 radical (unpaired) electrons. The molecule has 0 heterocycles. The van der Waals surface area contributed by atoms with Crippen LogP contribution in [-0.4, -0.2) is 8.42 Å². The molecule has 0 unspecified atom stereocenters. The lowest BCUT2D eigenvalue weighted by molar-refractivity contribution is -0.00518. The van der Waals surface area contributed by atoms with E-state index in [9.17, 15) is 12.8 Å². The van der Waals surface area contributed by atoms with E-state index in [0.29, 0.717) is 11.1 Å². The number of halogens is 1. The first-order valence-corrected chi connectivity index (χ1v) is 11.3. The molecule has 0 atom stereocenters. The van der Waals surface area contributed by atoms with Gasteiger partial charge >= 0.3 is 0 Å². The highest BCUT2D eigenvalue weighted by Crippen LogP contribution is 2.60. The van der Waals surface area contributed by atoms with Gasteiger partial charge < -0.3 is 0 Å². The Kier molecular flexibility index (Phi) is 3.87. The lowest BCUT2D eigenvalue weighted by atomic mass is 9.48. The molecule has 0 amide bonds. The maximum atomic E-state index is 13.0. The third-order valence-corrected chi connectivity index (χ3v) is 8.31. The van der Waals surface area contributed by atoms with Crippen molar-refractivity contribution in [2.45, 2.75) is 48.8 Å². The number of nitrogens with one attached hydrogen (secondary N) is 1. The molecule has 4 fully saturated rings. The largest absolute Gasteiger partial charge is 0.280 e. The van der Waals surface area contributed by atoms with Gasteiger partial charge in [-0.1, -0.05) is 12.1 Å². The molecular weight excluding hydrogens is 361 g/mol. The molecule has 0 aliphatic heterocycles. The lowest BCUT2D eigenvalue weighted by Crippen LogP contribution is -2.48. The zero-order valence-corrected chi connectivity index (χ0v) is 16.0. The molecule has 4 aliphatic rings. The predicted molar refractivity (Wildman–Crippen MR) is 104 cm³/mol. The Bertz CT molecular complexity index is 916. The Hall–Kier alpha value is -1.88. The second-order valence-electron chi connectivity index (χ2n) is 8.83. The summed E-state index contributed by atoms with van der Waals surface area (Å²) in [5.74, 6) is 2.20. The first kappa shape index (κ1) is 17.2. The molecule has 4 bridgehead atoms. The lowest BCUT2D eigenvalue weighted by Gasteiger charge is -2.57. The van der Waals surface area contributed by atoms with Crippen molar-refractivity contribution in [1.29, 1.82) is 0 Å². The molecule has 3 nitrogen and oxygen atoms in total. The van der Waals surface area contributed by atoms with Crippen LogP contribution in [-0.2, 0) is 15.4 Å². The highest BCUT2D eigenvalue weighted by molar-refractivity contribution is 7.92. The van der Waals surface area contributed by atoms with Gasteiger partial charge in [0, 0.05) is 5.69 Å². The average molecular weight is 386 g/mol. The van der Waals surface area contributed by atoms with Gasteiger partial charge in [-0.15, -0.1) is 0 Å². The summed E-state index contributed by atoms with van der Waals surface area (Å²) in [7, 11) is -3.70. The van der Waals surface area contributed by atoms with Crippen molar-refractivity contribution in [2.75, 3.05) is 4.72 Å². The first-order chi connectivity index (χ1) is 12.9. The minimum absolute atomic E-state index is 0.0639. The average Bonchev–Trinajstić information content (AvgIpc) is 2.61. The van der Waals surface area contributed by atoms with Gasteiger partial charge in [-0.2, -0.15) is 0 Å². The van der Waals surface area contributed by atoms with E-state index in [0.717, 1.165) is 29.9 Å². The van der Waals surface area contributed by atoms with Crippen LogP contribution in [0.5, 0.6) is 0 Å². The minimum atomic E-state index is -3.70. The van der Waals surface area contributed by atoms with Crippen molar-refractivity contribution in [3.63, 3.8) is 0 Å². The number of rotatable bonds is 4. The molecule has 5 heteroatoms. The van der Waals surface area contributed by atoms with Crippen molar-refractivity contribution in [1.82, 2.24) is 0 Å². The van der Waals surface area contributed by atoms with Crippen molar-refractivity contribution in [3.8, 4) is 0 Å². The SMILES string of the molecule is O=S(=O)(Nc1ccc(C23CC4CC(CC(C4)C2)C3)cc1)c1ccc(F)cc1. The van der Waals surface area contributed by atoms with Crippen LogP contribution in [0.25, 0.3) is 0 Å². The fourth-order valence-electron chi connectivity index (χ4n) is 6.18. The Morgan fingerprint density at radius 1 is 0.815 bits per heavy atom. The zero-order valence-electron chi connectivity index (χ0n) is 15.2. The van der Waals surface area contributed by atoms with Crippen molar-refractivity contribution < 1.29 is 12.8 Å². The molecule has 4 saturated carbocycles. The van der Waals surface area contributed by atoms with Crippen molar-refractivity contribution in [2.24, 2.45) is 17.8 Å².